The molecule has 0 saturated carbocycles. The lowest BCUT2D eigenvalue weighted by atomic mass is 9.97. The van der Waals surface area contributed by atoms with Gasteiger partial charge >= 0.3 is 0 Å². The van der Waals surface area contributed by atoms with Gasteiger partial charge < -0.3 is 16.0 Å². The van der Waals surface area contributed by atoms with Gasteiger partial charge in [0.15, 0.2) is 0 Å². The van der Waals surface area contributed by atoms with Crippen molar-refractivity contribution >= 4 is 33.2 Å². The van der Waals surface area contributed by atoms with Crippen molar-refractivity contribution in [3.05, 3.63) is 53.6 Å². The molecule has 2 saturated heterocycles. The minimum Gasteiger partial charge on any atom is -0.370 e. The molecule has 0 spiro atoms. The standard InChI is InChI=1S/C25H32N4O4S/c1-18-5-8-21(9-6-18)34(32,33)29-15-11-19(12-16-29)25(31)27-22-17-20(24(26)30)7-10-23(22)28-13-3-2-4-14-28/h5-10,17,19H,2-4,11-16H2,1H3,(H2,26,30)(H,27,31). The van der Waals surface area contributed by atoms with Gasteiger partial charge in [-0.05, 0) is 69.4 Å². The quantitative estimate of drug-likeness (QED) is 0.654. The predicted molar refractivity (Wildman–Crippen MR) is 132 cm³/mol. The number of primary amides is 1. The number of aryl methyl sites for hydroxylation is 1. The molecular weight excluding hydrogens is 452 g/mol. The number of benzene rings is 2. The van der Waals surface area contributed by atoms with Crippen LogP contribution >= 0.6 is 0 Å². The van der Waals surface area contributed by atoms with Crippen LogP contribution < -0.4 is 16.0 Å². The number of nitrogens with two attached hydrogens (primary N) is 1. The fraction of sp³-hybridized carbons (Fsp3) is 0.440. The first-order valence-electron chi connectivity index (χ1n) is 11.8. The number of sulfonamides is 1. The molecule has 2 fully saturated rings. The van der Waals surface area contributed by atoms with Crippen LogP contribution in [-0.2, 0) is 14.8 Å². The third-order valence-electron chi connectivity index (χ3n) is 6.72. The Morgan fingerprint density at radius 3 is 2.21 bits per heavy atom. The molecule has 4 rings (SSSR count). The van der Waals surface area contributed by atoms with Gasteiger partial charge in [0.1, 0.15) is 0 Å². The largest absolute Gasteiger partial charge is 0.370 e. The van der Waals surface area contributed by atoms with Crippen molar-refractivity contribution in [2.45, 2.75) is 43.9 Å². The highest BCUT2D eigenvalue weighted by atomic mass is 32.2. The summed E-state index contributed by atoms with van der Waals surface area (Å²) in [6.07, 6.45) is 4.22. The molecule has 0 bridgehead atoms. The minimum atomic E-state index is -3.58. The van der Waals surface area contributed by atoms with Gasteiger partial charge in [-0.3, -0.25) is 9.59 Å². The Labute approximate surface area is 201 Å². The summed E-state index contributed by atoms with van der Waals surface area (Å²) in [4.78, 5) is 27.4. The number of amides is 2. The Balaban J connectivity index is 1.45. The van der Waals surface area contributed by atoms with Crippen molar-refractivity contribution in [2.24, 2.45) is 11.7 Å². The molecule has 0 unspecified atom stereocenters. The van der Waals surface area contributed by atoms with Gasteiger partial charge in [0.05, 0.1) is 16.3 Å². The zero-order valence-corrected chi connectivity index (χ0v) is 20.3. The van der Waals surface area contributed by atoms with Crippen LogP contribution in [0.4, 0.5) is 11.4 Å². The molecule has 8 nitrogen and oxygen atoms in total. The van der Waals surface area contributed by atoms with Crippen LogP contribution in [0.5, 0.6) is 0 Å². The molecule has 0 aliphatic carbocycles. The smallest absolute Gasteiger partial charge is 0.248 e. The molecule has 34 heavy (non-hydrogen) atoms. The third-order valence-corrected chi connectivity index (χ3v) is 8.63. The maximum absolute atomic E-state index is 13.1. The average molecular weight is 485 g/mol. The molecule has 2 heterocycles. The summed E-state index contributed by atoms with van der Waals surface area (Å²) in [5.74, 6) is -1.02. The topological polar surface area (TPSA) is 113 Å². The zero-order valence-electron chi connectivity index (χ0n) is 19.5. The van der Waals surface area contributed by atoms with Crippen LogP contribution in [0.3, 0.4) is 0 Å². The number of rotatable bonds is 6. The number of carbonyl (C=O) groups is 2. The number of anilines is 2. The molecule has 0 atom stereocenters. The van der Waals surface area contributed by atoms with Crippen LogP contribution in [0.2, 0.25) is 0 Å². The van der Waals surface area contributed by atoms with E-state index in [2.05, 4.69) is 10.2 Å². The van der Waals surface area contributed by atoms with Crippen molar-refractivity contribution in [1.29, 1.82) is 0 Å². The van der Waals surface area contributed by atoms with E-state index in [0.29, 0.717) is 24.1 Å². The van der Waals surface area contributed by atoms with Gasteiger partial charge in [-0.2, -0.15) is 4.31 Å². The highest BCUT2D eigenvalue weighted by Gasteiger charge is 2.32. The summed E-state index contributed by atoms with van der Waals surface area (Å²) in [7, 11) is -3.58. The van der Waals surface area contributed by atoms with E-state index in [4.69, 9.17) is 5.73 Å². The molecule has 3 N–H and O–H groups in total. The number of hydrogen-bond donors (Lipinski definition) is 2. The van der Waals surface area contributed by atoms with Crippen LogP contribution in [0.25, 0.3) is 0 Å². The second kappa shape index (κ2) is 10.1. The molecule has 2 amide bonds. The second-order valence-electron chi connectivity index (χ2n) is 9.12. The first-order valence-corrected chi connectivity index (χ1v) is 13.3. The third kappa shape index (κ3) is 5.26. The van der Waals surface area contributed by atoms with Gasteiger partial charge in [0.25, 0.3) is 0 Å². The summed E-state index contributed by atoms with van der Waals surface area (Å²) in [6.45, 7) is 4.28. The molecule has 2 aromatic rings. The monoisotopic (exact) mass is 484 g/mol. The van der Waals surface area contributed by atoms with E-state index < -0.39 is 15.9 Å². The van der Waals surface area contributed by atoms with E-state index in [1.165, 1.54) is 10.7 Å². The number of carbonyl (C=O) groups excluding carboxylic acids is 2. The first-order chi connectivity index (χ1) is 16.3. The van der Waals surface area contributed by atoms with Crippen molar-refractivity contribution < 1.29 is 18.0 Å². The van der Waals surface area contributed by atoms with Gasteiger partial charge in [0.2, 0.25) is 21.8 Å². The number of hydrogen-bond acceptors (Lipinski definition) is 5. The van der Waals surface area contributed by atoms with Crippen molar-refractivity contribution in [3.63, 3.8) is 0 Å². The average Bonchev–Trinajstić information content (AvgIpc) is 2.85. The number of nitrogens with one attached hydrogen (secondary N) is 1. The fourth-order valence-corrected chi connectivity index (χ4v) is 6.12. The highest BCUT2D eigenvalue weighted by molar-refractivity contribution is 7.89. The van der Waals surface area contributed by atoms with Crippen molar-refractivity contribution in [1.82, 2.24) is 4.31 Å². The first kappa shape index (κ1) is 24.2. The summed E-state index contributed by atoms with van der Waals surface area (Å²) in [5, 5.41) is 3.01. The van der Waals surface area contributed by atoms with Gasteiger partial charge in [-0.1, -0.05) is 17.7 Å². The predicted octanol–water partition coefficient (Wildman–Crippen LogP) is 3.12. The van der Waals surface area contributed by atoms with Crippen LogP contribution in [0.15, 0.2) is 47.4 Å². The fourth-order valence-electron chi connectivity index (χ4n) is 4.65. The second-order valence-corrected chi connectivity index (χ2v) is 11.1. The molecule has 9 heteroatoms. The van der Waals surface area contributed by atoms with E-state index in [1.807, 2.05) is 13.0 Å². The molecule has 2 aromatic carbocycles. The summed E-state index contributed by atoms with van der Waals surface area (Å²) in [5.41, 5.74) is 8.28. The van der Waals surface area contributed by atoms with Crippen LogP contribution in [0.1, 0.15) is 48.0 Å². The maximum Gasteiger partial charge on any atom is 0.248 e. The van der Waals surface area contributed by atoms with Crippen LogP contribution in [0, 0.1) is 12.8 Å². The highest BCUT2D eigenvalue weighted by Crippen LogP contribution is 2.31. The minimum absolute atomic E-state index is 0.160. The Hall–Kier alpha value is -2.91. The summed E-state index contributed by atoms with van der Waals surface area (Å²) < 4.78 is 27.4. The summed E-state index contributed by atoms with van der Waals surface area (Å²) >= 11 is 0. The Bertz CT molecular complexity index is 1150. The van der Waals surface area contributed by atoms with Gasteiger partial charge in [0, 0.05) is 37.7 Å². The normalized spacial score (nSPS) is 18.0. The number of piperidine rings is 2. The van der Waals surface area contributed by atoms with E-state index >= 15 is 0 Å². The van der Waals surface area contributed by atoms with Gasteiger partial charge in [-0.15, -0.1) is 0 Å². The lowest BCUT2D eigenvalue weighted by Gasteiger charge is -2.32. The Morgan fingerprint density at radius 2 is 1.59 bits per heavy atom. The molecule has 2 aliphatic heterocycles. The summed E-state index contributed by atoms with van der Waals surface area (Å²) in [6, 6.07) is 12.0. The van der Waals surface area contributed by atoms with Crippen LogP contribution in [-0.4, -0.2) is 50.7 Å². The molecular formula is C25H32N4O4S. The molecule has 182 valence electrons. The molecule has 2 aliphatic rings. The zero-order chi connectivity index (χ0) is 24.3. The molecule has 0 aromatic heterocycles. The van der Waals surface area contributed by atoms with E-state index in [1.54, 1.807) is 36.4 Å². The van der Waals surface area contributed by atoms with Gasteiger partial charge in [-0.25, -0.2) is 8.42 Å². The van der Waals surface area contributed by atoms with E-state index in [0.717, 1.165) is 37.2 Å². The molecule has 0 radical (unpaired) electrons. The van der Waals surface area contributed by atoms with E-state index in [-0.39, 0.29) is 29.8 Å². The Kier molecular flexibility index (Phi) is 7.23. The Morgan fingerprint density at radius 1 is 0.941 bits per heavy atom. The lowest BCUT2D eigenvalue weighted by molar-refractivity contribution is -0.120. The maximum atomic E-state index is 13.1. The van der Waals surface area contributed by atoms with E-state index in [9.17, 15) is 18.0 Å². The number of nitrogens with zero attached hydrogens (tertiary/aromatic N) is 2. The lowest BCUT2D eigenvalue weighted by Crippen LogP contribution is -2.41. The van der Waals surface area contributed by atoms with Crippen molar-refractivity contribution in [3.8, 4) is 0 Å². The van der Waals surface area contributed by atoms with Crippen molar-refractivity contribution in [2.75, 3.05) is 36.4 Å². The SMILES string of the molecule is Cc1ccc(S(=O)(=O)N2CCC(C(=O)Nc3cc(C(N)=O)ccc3N3CCCCC3)CC2)cc1.